The normalized spacial score (nSPS) is 10.7. The van der Waals surface area contributed by atoms with E-state index in [0.717, 1.165) is 0 Å². The van der Waals surface area contributed by atoms with Crippen LogP contribution in [-0.4, -0.2) is 10.8 Å². The third-order valence-electron chi connectivity index (χ3n) is 2.67. The Kier molecular flexibility index (Phi) is 3.46. The molecule has 0 amide bonds. The fraction of sp³-hybridized carbons (Fsp3) is 0.143. The lowest BCUT2D eigenvalue weighted by Gasteiger charge is -2.07. The molecule has 1 aromatic heterocycles. The molecule has 92 valence electrons. The third kappa shape index (κ3) is 2.42. The standard InChI is InChI=1S/C14H11F2NO/c1-9-7-10(14(15)16)4-5-12(9)13(18)11-3-2-6-17-8-11/h2-8,14H,1H3. The average Bonchev–Trinajstić information content (AvgIpc) is 2.38. The van der Waals surface area contributed by atoms with Gasteiger partial charge in [-0.15, -0.1) is 0 Å². The monoisotopic (exact) mass is 247 g/mol. The van der Waals surface area contributed by atoms with Gasteiger partial charge in [-0.2, -0.15) is 0 Å². The molecule has 0 aliphatic carbocycles. The summed E-state index contributed by atoms with van der Waals surface area (Å²) >= 11 is 0. The van der Waals surface area contributed by atoms with Gasteiger partial charge in [0.2, 0.25) is 0 Å². The summed E-state index contributed by atoms with van der Waals surface area (Å²) in [5.74, 6) is -0.207. The molecule has 0 atom stereocenters. The van der Waals surface area contributed by atoms with Gasteiger partial charge in [0.05, 0.1) is 0 Å². The molecule has 0 radical (unpaired) electrons. The minimum absolute atomic E-state index is 0.0739. The Morgan fingerprint density at radius 1 is 1.28 bits per heavy atom. The Labute approximate surface area is 103 Å². The summed E-state index contributed by atoms with van der Waals surface area (Å²) in [7, 11) is 0. The van der Waals surface area contributed by atoms with E-state index in [9.17, 15) is 13.6 Å². The van der Waals surface area contributed by atoms with Gasteiger partial charge in [-0.1, -0.05) is 12.1 Å². The molecule has 0 aliphatic rings. The van der Waals surface area contributed by atoms with Crippen molar-refractivity contribution in [1.29, 1.82) is 0 Å². The van der Waals surface area contributed by atoms with Crippen LogP contribution in [0.2, 0.25) is 0 Å². The van der Waals surface area contributed by atoms with Gasteiger partial charge in [-0.05, 0) is 30.7 Å². The molecule has 0 saturated carbocycles. The van der Waals surface area contributed by atoms with Gasteiger partial charge in [-0.3, -0.25) is 9.78 Å². The highest BCUT2D eigenvalue weighted by Gasteiger charge is 2.14. The van der Waals surface area contributed by atoms with Gasteiger partial charge in [0.1, 0.15) is 0 Å². The zero-order valence-corrected chi connectivity index (χ0v) is 9.73. The molecule has 0 fully saturated rings. The fourth-order valence-electron chi connectivity index (χ4n) is 1.73. The van der Waals surface area contributed by atoms with Crippen molar-refractivity contribution in [3.63, 3.8) is 0 Å². The summed E-state index contributed by atoms with van der Waals surface area (Å²) in [5, 5.41) is 0. The highest BCUT2D eigenvalue weighted by atomic mass is 19.3. The molecule has 0 aliphatic heterocycles. The van der Waals surface area contributed by atoms with Crippen LogP contribution in [0.25, 0.3) is 0 Å². The first-order valence-corrected chi connectivity index (χ1v) is 5.43. The van der Waals surface area contributed by atoms with Crippen LogP contribution in [0.1, 0.15) is 33.5 Å². The number of hydrogen-bond donors (Lipinski definition) is 0. The second kappa shape index (κ2) is 5.04. The Morgan fingerprint density at radius 3 is 2.61 bits per heavy atom. The SMILES string of the molecule is Cc1cc(C(F)F)ccc1C(=O)c1cccnc1. The molecule has 2 rings (SSSR count). The van der Waals surface area contributed by atoms with Crippen molar-refractivity contribution in [3.05, 3.63) is 65.0 Å². The van der Waals surface area contributed by atoms with E-state index in [4.69, 9.17) is 0 Å². The molecule has 2 aromatic rings. The number of hydrogen-bond acceptors (Lipinski definition) is 2. The Hall–Kier alpha value is -2.10. The molecule has 0 unspecified atom stereocenters. The van der Waals surface area contributed by atoms with Crippen LogP contribution >= 0.6 is 0 Å². The van der Waals surface area contributed by atoms with E-state index in [0.29, 0.717) is 16.7 Å². The number of rotatable bonds is 3. The molecule has 0 spiro atoms. The number of carbonyl (C=O) groups is 1. The number of aromatic nitrogens is 1. The predicted molar refractivity (Wildman–Crippen MR) is 63.8 cm³/mol. The molecule has 0 bridgehead atoms. The minimum atomic E-state index is -2.52. The van der Waals surface area contributed by atoms with Crippen molar-refractivity contribution in [2.45, 2.75) is 13.3 Å². The molecule has 18 heavy (non-hydrogen) atoms. The number of halogens is 2. The topological polar surface area (TPSA) is 30.0 Å². The van der Waals surface area contributed by atoms with Crippen molar-refractivity contribution in [2.75, 3.05) is 0 Å². The van der Waals surface area contributed by atoms with Gasteiger partial charge < -0.3 is 0 Å². The second-order valence-corrected chi connectivity index (χ2v) is 3.95. The fourth-order valence-corrected chi connectivity index (χ4v) is 1.73. The Bertz CT molecular complexity index is 567. The smallest absolute Gasteiger partial charge is 0.263 e. The van der Waals surface area contributed by atoms with Gasteiger partial charge >= 0.3 is 0 Å². The first-order chi connectivity index (χ1) is 8.59. The number of pyridine rings is 1. The maximum Gasteiger partial charge on any atom is 0.263 e. The molecular weight excluding hydrogens is 236 g/mol. The number of benzene rings is 1. The summed E-state index contributed by atoms with van der Waals surface area (Å²) in [6, 6.07) is 7.37. The van der Waals surface area contributed by atoms with Crippen LogP contribution in [0.15, 0.2) is 42.7 Å². The molecule has 4 heteroatoms. The number of alkyl halides is 2. The van der Waals surface area contributed by atoms with E-state index in [1.54, 1.807) is 25.3 Å². The third-order valence-corrected chi connectivity index (χ3v) is 2.67. The largest absolute Gasteiger partial charge is 0.289 e. The van der Waals surface area contributed by atoms with E-state index in [1.807, 2.05) is 0 Å². The van der Waals surface area contributed by atoms with Gasteiger partial charge in [0.15, 0.2) is 5.78 Å². The van der Waals surface area contributed by atoms with Crippen molar-refractivity contribution in [1.82, 2.24) is 4.98 Å². The van der Waals surface area contributed by atoms with E-state index < -0.39 is 6.43 Å². The molecular formula is C14H11F2NO. The average molecular weight is 247 g/mol. The minimum Gasteiger partial charge on any atom is -0.289 e. The van der Waals surface area contributed by atoms with E-state index in [-0.39, 0.29) is 11.3 Å². The number of carbonyl (C=O) groups excluding carboxylic acids is 1. The summed E-state index contributed by atoms with van der Waals surface area (Å²) in [4.78, 5) is 16.0. The Morgan fingerprint density at radius 2 is 2.06 bits per heavy atom. The lowest BCUT2D eigenvalue weighted by molar-refractivity contribution is 0.103. The van der Waals surface area contributed by atoms with Crippen LogP contribution < -0.4 is 0 Å². The first kappa shape index (κ1) is 12.4. The van der Waals surface area contributed by atoms with Crippen molar-refractivity contribution in [3.8, 4) is 0 Å². The van der Waals surface area contributed by atoms with Crippen LogP contribution in [0.5, 0.6) is 0 Å². The zero-order chi connectivity index (χ0) is 13.1. The Balaban J connectivity index is 2.38. The van der Waals surface area contributed by atoms with Gasteiger partial charge in [-0.25, -0.2) is 8.78 Å². The summed E-state index contributed by atoms with van der Waals surface area (Å²) in [6.45, 7) is 1.65. The van der Waals surface area contributed by atoms with E-state index in [2.05, 4.69) is 4.98 Å². The molecule has 0 N–H and O–H groups in total. The molecule has 1 aromatic carbocycles. The van der Waals surface area contributed by atoms with Crippen molar-refractivity contribution in [2.24, 2.45) is 0 Å². The lowest BCUT2D eigenvalue weighted by atomic mass is 9.98. The highest BCUT2D eigenvalue weighted by molar-refractivity contribution is 6.09. The predicted octanol–water partition coefficient (Wildman–Crippen LogP) is 3.56. The number of ketones is 1. The lowest BCUT2D eigenvalue weighted by Crippen LogP contribution is -2.04. The highest BCUT2D eigenvalue weighted by Crippen LogP contribution is 2.22. The maximum atomic E-state index is 12.5. The molecule has 0 saturated heterocycles. The summed E-state index contributed by atoms with van der Waals surface area (Å²) in [6.07, 6.45) is 0.512. The maximum absolute atomic E-state index is 12.5. The van der Waals surface area contributed by atoms with Crippen molar-refractivity contribution >= 4 is 5.78 Å². The summed E-state index contributed by atoms with van der Waals surface area (Å²) < 4.78 is 25.0. The van der Waals surface area contributed by atoms with E-state index in [1.165, 1.54) is 24.4 Å². The molecule has 1 heterocycles. The van der Waals surface area contributed by atoms with Crippen LogP contribution in [0.3, 0.4) is 0 Å². The quantitative estimate of drug-likeness (QED) is 0.776. The number of aryl methyl sites for hydroxylation is 1. The van der Waals surface area contributed by atoms with E-state index >= 15 is 0 Å². The van der Waals surface area contributed by atoms with Gasteiger partial charge in [0.25, 0.3) is 6.43 Å². The van der Waals surface area contributed by atoms with Crippen LogP contribution in [0.4, 0.5) is 8.78 Å². The molecule has 2 nitrogen and oxygen atoms in total. The number of nitrogens with zero attached hydrogens (tertiary/aromatic N) is 1. The second-order valence-electron chi connectivity index (χ2n) is 3.95. The van der Waals surface area contributed by atoms with Gasteiger partial charge in [0, 0.05) is 29.1 Å². The summed E-state index contributed by atoms with van der Waals surface area (Å²) in [5.41, 5.74) is 1.34. The zero-order valence-electron chi connectivity index (χ0n) is 9.73. The van der Waals surface area contributed by atoms with Crippen LogP contribution in [-0.2, 0) is 0 Å². The van der Waals surface area contributed by atoms with Crippen LogP contribution in [0, 0.1) is 6.92 Å². The first-order valence-electron chi connectivity index (χ1n) is 5.43. The van der Waals surface area contributed by atoms with Crippen molar-refractivity contribution < 1.29 is 13.6 Å².